The van der Waals surface area contributed by atoms with E-state index in [9.17, 15) is 4.79 Å². The molecular formula is C20H25N5O3. The molecular weight excluding hydrogens is 358 g/mol. The third kappa shape index (κ3) is 3.90. The Morgan fingerprint density at radius 3 is 2.71 bits per heavy atom. The standard InChI is InChI=1S/C20H25N5O3/c1-6-28-19(26)17-23-18-16(12(2)3)11-21-25(18)20(24-17)22-13(4)14-8-7-9-15(10-14)27-5/h7-13H,6H2,1-5H3,(H,22,23,24)/t13-/m0/s1. The summed E-state index contributed by atoms with van der Waals surface area (Å²) in [6.07, 6.45) is 1.75. The molecule has 8 heteroatoms. The van der Waals surface area contributed by atoms with Crippen molar-refractivity contribution in [3.8, 4) is 5.75 Å². The van der Waals surface area contributed by atoms with Gasteiger partial charge in [0.05, 0.1) is 26.0 Å². The van der Waals surface area contributed by atoms with E-state index in [1.807, 2.05) is 31.2 Å². The summed E-state index contributed by atoms with van der Waals surface area (Å²) in [6.45, 7) is 8.11. The molecule has 0 radical (unpaired) electrons. The summed E-state index contributed by atoms with van der Waals surface area (Å²) in [5, 5.41) is 7.75. The van der Waals surface area contributed by atoms with Gasteiger partial charge in [-0.25, -0.2) is 9.78 Å². The number of nitrogens with one attached hydrogen (secondary N) is 1. The Hall–Kier alpha value is -3.16. The Bertz CT molecular complexity index is 983. The molecule has 0 aliphatic carbocycles. The molecule has 0 saturated carbocycles. The van der Waals surface area contributed by atoms with Gasteiger partial charge in [-0.3, -0.25) is 0 Å². The van der Waals surface area contributed by atoms with Gasteiger partial charge in [-0.1, -0.05) is 26.0 Å². The van der Waals surface area contributed by atoms with Gasteiger partial charge in [-0.05, 0) is 37.5 Å². The monoisotopic (exact) mass is 383 g/mol. The molecule has 28 heavy (non-hydrogen) atoms. The highest BCUT2D eigenvalue weighted by Crippen LogP contribution is 2.25. The Labute approximate surface area is 163 Å². The number of rotatable bonds is 7. The molecule has 2 aromatic heterocycles. The molecule has 0 amide bonds. The third-order valence-corrected chi connectivity index (χ3v) is 4.41. The number of hydrogen-bond donors (Lipinski definition) is 1. The minimum Gasteiger partial charge on any atom is -0.497 e. The number of anilines is 1. The number of nitrogens with zero attached hydrogens (tertiary/aromatic N) is 4. The molecule has 0 aliphatic rings. The number of carbonyl (C=O) groups is 1. The quantitative estimate of drug-likeness (QED) is 0.623. The van der Waals surface area contributed by atoms with Gasteiger partial charge in [0.15, 0.2) is 5.65 Å². The van der Waals surface area contributed by atoms with Crippen LogP contribution in [0, 0.1) is 0 Å². The highest BCUT2D eigenvalue weighted by Gasteiger charge is 2.20. The molecule has 8 nitrogen and oxygen atoms in total. The van der Waals surface area contributed by atoms with Crippen molar-refractivity contribution in [2.24, 2.45) is 0 Å². The second kappa shape index (κ2) is 8.24. The predicted octanol–water partition coefficient (Wildman–Crippen LogP) is 3.61. The maximum Gasteiger partial charge on any atom is 0.376 e. The third-order valence-electron chi connectivity index (χ3n) is 4.41. The van der Waals surface area contributed by atoms with Crippen molar-refractivity contribution >= 4 is 17.6 Å². The van der Waals surface area contributed by atoms with E-state index in [1.54, 1.807) is 24.7 Å². The predicted molar refractivity (Wildman–Crippen MR) is 106 cm³/mol. The average Bonchev–Trinajstić information content (AvgIpc) is 3.12. The highest BCUT2D eigenvalue weighted by molar-refractivity contribution is 5.86. The van der Waals surface area contributed by atoms with Gasteiger partial charge in [-0.15, -0.1) is 0 Å². The summed E-state index contributed by atoms with van der Waals surface area (Å²) in [7, 11) is 1.63. The summed E-state index contributed by atoms with van der Waals surface area (Å²) in [5.74, 6) is 0.851. The molecule has 1 atom stereocenters. The fourth-order valence-electron chi connectivity index (χ4n) is 2.87. The smallest absolute Gasteiger partial charge is 0.376 e. The molecule has 0 spiro atoms. The Kier molecular flexibility index (Phi) is 5.77. The zero-order chi connectivity index (χ0) is 20.3. The van der Waals surface area contributed by atoms with Crippen molar-refractivity contribution in [1.82, 2.24) is 19.6 Å². The number of carbonyl (C=O) groups excluding carboxylic acids is 1. The van der Waals surface area contributed by atoms with Gasteiger partial charge in [0.2, 0.25) is 11.8 Å². The summed E-state index contributed by atoms with van der Waals surface area (Å²) in [4.78, 5) is 21.0. The van der Waals surface area contributed by atoms with Gasteiger partial charge in [0.1, 0.15) is 5.75 Å². The zero-order valence-corrected chi connectivity index (χ0v) is 16.8. The van der Waals surface area contributed by atoms with E-state index in [4.69, 9.17) is 9.47 Å². The largest absolute Gasteiger partial charge is 0.497 e. The van der Waals surface area contributed by atoms with E-state index < -0.39 is 5.97 Å². The molecule has 148 valence electrons. The first-order chi connectivity index (χ1) is 13.4. The van der Waals surface area contributed by atoms with Gasteiger partial charge in [-0.2, -0.15) is 14.6 Å². The summed E-state index contributed by atoms with van der Waals surface area (Å²) >= 11 is 0. The molecule has 0 unspecified atom stereocenters. The number of methoxy groups -OCH3 is 1. The van der Waals surface area contributed by atoms with Crippen molar-refractivity contribution in [3.63, 3.8) is 0 Å². The van der Waals surface area contributed by atoms with Gasteiger partial charge in [0.25, 0.3) is 0 Å². The van der Waals surface area contributed by atoms with Crippen molar-refractivity contribution in [3.05, 3.63) is 47.4 Å². The van der Waals surface area contributed by atoms with E-state index >= 15 is 0 Å². The molecule has 0 aliphatic heterocycles. The molecule has 1 aromatic carbocycles. The number of aromatic nitrogens is 4. The second-order valence-corrected chi connectivity index (χ2v) is 6.72. The van der Waals surface area contributed by atoms with Crippen LogP contribution in [0.3, 0.4) is 0 Å². The van der Waals surface area contributed by atoms with Crippen LogP contribution in [0.4, 0.5) is 5.95 Å². The van der Waals surface area contributed by atoms with E-state index in [0.29, 0.717) is 11.6 Å². The fraction of sp³-hybridized carbons (Fsp3) is 0.400. The van der Waals surface area contributed by atoms with Crippen LogP contribution in [0.2, 0.25) is 0 Å². The molecule has 0 saturated heterocycles. The topological polar surface area (TPSA) is 90.6 Å². The summed E-state index contributed by atoms with van der Waals surface area (Å²) < 4.78 is 12.0. The van der Waals surface area contributed by atoms with Crippen molar-refractivity contribution in [2.75, 3.05) is 19.0 Å². The first kappa shape index (κ1) is 19.6. The highest BCUT2D eigenvalue weighted by atomic mass is 16.5. The van der Waals surface area contributed by atoms with Gasteiger partial charge < -0.3 is 14.8 Å². The van der Waals surface area contributed by atoms with E-state index in [1.165, 1.54) is 0 Å². The maximum atomic E-state index is 12.3. The van der Waals surface area contributed by atoms with Crippen LogP contribution in [0.15, 0.2) is 30.5 Å². The number of fused-ring (bicyclic) bond motifs is 1. The number of benzene rings is 1. The zero-order valence-electron chi connectivity index (χ0n) is 16.8. The Morgan fingerprint density at radius 2 is 2.04 bits per heavy atom. The Balaban J connectivity index is 2.04. The van der Waals surface area contributed by atoms with Crippen LogP contribution < -0.4 is 10.1 Å². The number of ether oxygens (including phenoxy) is 2. The van der Waals surface area contributed by atoms with Crippen molar-refractivity contribution < 1.29 is 14.3 Å². The van der Waals surface area contributed by atoms with Crippen molar-refractivity contribution in [2.45, 2.75) is 39.7 Å². The second-order valence-electron chi connectivity index (χ2n) is 6.72. The SMILES string of the molecule is CCOC(=O)c1nc(N[C@@H](C)c2cccc(OC)c2)n2ncc(C(C)C)c2n1. The molecule has 1 N–H and O–H groups in total. The van der Waals surface area contributed by atoms with E-state index in [2.05, 4.69) is 34.2 Å². The number of esters is 1. The number of hydrogen-bond acceptors (Lipinski definition) is 7. The molecule has 0 fully saturated rings. The lowest BCUT2D eigenvalue weighted by Crippen LogP contribution is -2.17. The van der Waals surface area contributed by atoms with Crippen LogP contribution in [-0.2, 0) is 4.74 Å². The molecule has 3 aromatic rings. The normalized spacial score (nSPS) is 12.2. The van der Waals surface area contributed by atoms with Crippen LogP contribution >= 0.6 is 0 Å². The van der Waals surface area contributed by atoms with E-state index in [0.717, 1.165) is 16.9 Å². The van der Waals surface area contributed by atoms with Crippen LogP contribution in [-0.4, -0.2) is 39.3 Å². The minimum atomic E-state index is -0.557. The lowest BCUT2D eigenvalue weighted by Gasteiger charge is -2.17. The molecule has 3 rings (SSSR count). The van der Waals surface area contributed by atoms with Crippen molar-refractivity contribution in [1.29, 1.82) is 0 Å². The molecule has 2 heterocycles. The Morgan fingerprint density at radius 1 is 1.25 bits per heavy atom. The first-order valence-electron chi connectivity index (χ1n) is 9.27. The summed E-state index contributed by atoms with van der Waals surface area (Å²) in [6, 6.07) is 7.66. The lowest BCUT2D eigenvalue weighted by molar-refractivity contribution is 0.0512. The maximum absolute atomic E-state index is 12.3. The lowest BCUT2D eigenvalue weighted by atomic mass is 10.1. The summed E-state index contributed by atoms with van der Waals surface area (Å²) in [5.41, 5.74) is 2.54. The van der Waals surface area contributed by atoms with E-state index in [-0.39, 0.29) is 24.4 Å². The van der Waals surface area contributed by atoms with Gasteiger partial charge in [0, 0.05) is 5.56 Å². The van der Waals surface area contributed by atoms with Gasteiger partial charge >= 0.3 is 5.97 Å². The van der Waals surface area contributed by atoms with Crippen LogP contribution in [0.1, 0.15) is 61.4 Å². The van der Waals surface area contributed by atoms with Crippen LogP contribution in [0.25, 0.3) is 5.65 Å². The van der Waals surface area contributed by atoms with Crippen LogP contribution in [0.5, 0.6) is 5.75 Å². The first-order valence-corrected chi connectivity index (χ1v) is 9.27. The molecule has 0 bridgehead atoms. The fourth-order valence-corrected chi connectivity index (χ4v) is 2.87. The minimum absolute atomic E-state index is 0.0112. The average molecular weight is 383 g/mol.